The molecule has 0 spiro atoms. The molecule has 3 nitrogen and oxygen atoms in total. The van der Waals surface area contributed by atoms with Crippen LogP contribution in [0.3, 0.4) is 0 Å². The fourth-order valence-electron chi connectivity index (χ4n) is 2.22. The van der Waals surface area contributed by atoms with E-state index in [0.717, 1.165) is 11.3 Å². The molecule has 4 heteroatoms. The van der Waals surface area contributed by atoms with Gasteiger partial charge in [0.25, 0.3) is 0 Å². The molecule has 2 aromatic rings. The predicted molar refractivity (Wildman–Crippen MR) is 80.9 cm³/mol. The van der Waals surface area contributed by atoms with E-state index in [1.807, 2.05) is 37.3 Å². The Morgan fingerprint density at radius 1 is 1.29 bits per heavy atom. The van der Waals surface area contributed by atoms with Crippen molar-refractivity contribution < 1.29 is 9.13 Å². The summed E-state index contributed by atoms with van der Waals surface area (Å²) in [5.74, 6) is 0.410. The number of ether oxygens (including phenoxy) is 1. The van der Waals surface area contributed by atoms with Crippen molar-refractivity contribution in [1.29, 1.82) is 5.26 Å². The lowest BCUT2D eigenvalue weighted by Gasteiger charge is -2.17. The van der Waals surface area contributed by atoms with Crippen molar-refractivity contribution in [3.8, 4) is 11.8 Å². The molecule has 0 aliphatic heterocycles. The largest absolute Gasteiger partial charge is 0.496 e. The van der Waals surface area contributed by atoms with Crippen molar-refractivity contribution in [2.24, 2.45) is 0 Å². The number of para-hydroxylation sites is 1. The Bertz CT molecular complexity index is 664. The van der Waals surface area contributed by atoms with Crippen molar-refractivity contribution in [3.63, 3.8) is 0 Å². The summed E-state index contributed by atoms with van der Waals surface area (Å²) in [6.45, 7) is 1.98. The summed E-state index contributed by atoms with van der Waals surface area (Å²) >= 11 is 0. The molecule has 1 N–H and O–H groups in total. The van der Waals surface area contributed by atoms with E-state index in [1.165, 1.54) is 6.07 Å². The third-order valence-electron chi connectivity index (χ3n) is 3.22. The molecule has 0 aromatic heterocycles. The van der Waals surface area contributed by atoms with E-state index in [-0.39, 0.29) is 6.04 Å². The molecule has 0 amide bonds. The molecule has 0 bridgehead atoms. The van der Waals surface area contributed by atoms with E-state index in [2.05, 4.69) is 5.32 Å². The van der Waals surface area contributed by atoms with Crippen LogP contribution in [0.1, 0.15) is 18.1 Å². The molecule has 2 rings (SSSR count). The third kappa shape index (κ3) is 3.73. The first-order chi connectivity index (χ1) is 10.1. The van der Waals surface area contributed by atoms with Crippen LogP contribution in [0.25, 0.3) is 0 Å². The van der Waals surface area contributed by atoms with E-state index in [9.17, 15) is 4.39 Å². The van der Waals surface area contributed by atoms with Crippen LogP contribution >= 0.6 is 0 Å². The molecule has 21 heavy (non-hydrogen) atoms. The minimum absolute atomic E-state index is 0.0312. The van der Waals surface area contributed by atoms with Crippen LogP contribution in [0.4, 0.5) is 10.1 Å². The fourth-order valence-corrected chi connectivity index (χ4v) is 2.22. The van der Waals surface area contributed by atoms with Crippen molar-refractivity contribution >= 4 is 5.69 Å². The standard InChI is InChI=1S/C17H17FN2O/c1-12(9-14-5-3-4-6-17(14)21-2)20-16-8-7-13(11-19)10-15(16)18/h3-8,10,12,20H,9H2,1-2H3. The molecule has 0 aliphatic carbocycles. The molecule has 0 fully saturated rings. The van der Waals surface area contributed by atoms with Crippen LogP contribution in [0, 0.1) is 17.1 Å². The number of rotatable bonds is 5. The molecule has 0 saturated heterocycles. The number of benzene rings is 2. The van der Waals surface area contributed by atoms with Gasteiger partial charge in [0.05, 0.1) is 24.4 Å². The summed E-state index contributed by atoms with van der Waals surface area (Å²) in [6.07, 6.45) is 0.712. The van der Waals surface area contributed by atoms with E-state index in [0.29, 0.717) is 17.7 Å². The van der Waals surface area contributed by atoms with Gasteiger partial charge < -0.3 is 10.1 Å². The van der Waals surface area contributed by atoms with Crippen LogP contribution in [0.2, 0.25) is 0 Å². The van der Waals surface area contributed by atoms with Gasteiger partial charge in [-0.15, -0.1) is 0 Å². The van der Waals surface area contributed by atoms with E-state index in [1.54, 1.807) is 19.2 Å². The molecular formula is C17H17FN2O. The molecule has 0 heterocycles. The van der Waals surface area contributed by atoms with E-state index >= 15 is 0 Å². The van der Waals surface area contributed by atoms with Gasteiger partial charge >= 0.3 is 0 Å². The van der Waals surface area contributed by atoms with Gasteiger partial charge in [0, 0.05) is 6.04 Å². The number of nitrogens with zero attached hydrogens (tertiary/aromatic N) is 1. The Morgan fingerprint density at radius 3 is 2.71 bits per heavy atom. The number of nitriles is 1. The van der Waals surface area contributed by atoms with Crippen LogP contribution in [-0.2, 0) is 6.42 Å². The highest BCUT2D eigenvalue weighted by atomic mass is 19.1. The molecule has 0 radical (unpaired) electrons. The van der Waals surface area contributed by atoms with Crippen molar-refractivity contribution in [1.82, 2.24) is 0 Å². The van der Waals surface area contributed by atoms with Crippen molar-refractivity contribution in [2.45, 2.75) is 19.4 Å². The van der Waals surface area contributed by atoms with Crippen LogP contribution < -0.4 is 10.1 Å². The van der Waals surface area contributed by atoms with Crippen molar-refractivity contribution in [3.05, 3.63) is 59.4 Å². The highest BCUT2D eigenvalue weighted by Gasteiger charge is 2.10. The van der Waals surface area contributed by atoms with Gasteiger partial charge in [0.1, 0.15) is 11.6 Å². The lowest BCUT2D eigenvalue weighted by Crippen LogP contribution is -2.19. The van der Waals surface area contributed by atoms with Gasteiger partial charge in [0.2, 0.25) is 0 Å². The topological polar surface area (TPSA) is 45.0 Å². The zero-order chi connectivity index (χ0) is 15.2. The maximum Gasteiger partial charge on any atom is 0.147 e. The van der Waals surface area contributed by atoms with Crippen molar-refractivity contribution in [2.75, 3.05) is 12.4 Å². The van der Waals surface area contributed by atoms with Gasteiger partial charge in [-0.2, -0.15) is 5.26 Å². The zero-order valence-corrected chi connectivity index (χ0v) is 12.1. The summed E-state index contributed by atoms with van der Waals surface area (Å²) in [5.41, 5.74) is 1.78. The quantitative estimate of drug-likeness (QED) is 0.909. The second-order valence-electron chi connectivity index (χ2n) is 4.87. The Morgan fingerprint density at radius 2 is 2.05 bits per heavy atom. The molecule has 108 valence electrons. The van der Waals surface area contributed by atoms with Gasteiger partial charge in [0.15, 0.2) is 0 Å². The first-order valence-electron chi connectivity index (χ1n) is 6.72. The first kappa shape index (κ1) is 14.9. The van der Waals surface area contributed by atoms with Gasteiger partial charge in [-0.3, -0.25) is 0 Å². The lowest BCUT2D eigenvalue weighted by molar-refractivity contribution is 0.409. The number of halogens is 1. The molecule has 0 saturated carbocycles. The summed E-state index contributed by atoms with van der Waals surface area (Å²) in [4.78, 5) is 0. The maximum atomic E-state index is 13.8. The minimum atomic E-state index is -0.416. The highest BCUT2D eigenvalue weighted by molar-refractivity contribution is 5.49. The Kier molecular flexibility index (Phi) is 4.78. The number of hydrogen-bond donors (Lipinski definition) is 1. The second kappa shape index (κ2) is 6.76. The van der Waals surface area contributed by atoms with Gasteiger partial charge in [-0.1, -0.05) is 18.2 Å². The van der Waals surface area contributed by atoms with Gasteiger partial charge in [-0.25, -0.2) is 4.39 Å². The fraction of sp³-hybridized carbons (Fsp3) is 0.235. The van der Waals surface area contributed by atoms with E-state index < -0.39 is 5.82 Å². The SMILES string of the molecule is COc1ccccc1CC(C)Nc1ccc(C#N)cc1F. The summed E-state index contributed by atoms with van der Waals surface area (Å²) in [7, 11) is 1.64. The number of nitrogens with one attached hydrogen (secondary N) is 1. The number of anilines is 1. The summed E-state index contributed by atoms with van der Waals surface area (Å²) in [5, 5.41) is 11.9. The predicted octanol–water partition coefficient (Wildman–Crippen LogP) is 3.75. The lowest BCUT2D eigenvalue weighted by atomic mass is 10.1. The summed E-state index contributed by atoms with van der Waals surface area (Å²) in [6, 6.07) is 14.1. The Balaban J connectivity index is 2.08. The van der Waals surface area contributed by atoms with Crippen LogP contribution in [0.15, 0.2) is 42.5 Å². The molecule has 2 aromatic carbocycles. The molecule has 0 aliphatic rings. The zero-order valence-electron chi connectivity index (χ0n) is 12.1. The number of methoxy groups -OCH3 is 1. The second-order valence-corrected chi connectivity index (χ2v) is 4.87. The average molecular weight is 284 g/mol. The number of hydrogen-bond acceptors (Lipinski definition) is 3. The third-order valence-corrected chi connectivity index (χ3v) is 3.22. The molecule has 1 atom stereocenters. The van der Waals surface area contributed by atoms with Gasteiger partial charge in [-0.05, 0) is 43.2 Å². The van der Waals surface area contributed by atoms with Crippen LogP contribution in [-0.4, -0.2) is 13.2 Å². The smallest absolute Gasteiger partial charge is 0.147 e. The minimum Gasteiger partial charge on any atom is -0.496 e. The summed E-state index contributed by atoms with van der Waals surface area (Å²) < 4.78 is 19.2. The van der Waals surface area contributed by atoms with E-state index in [4.69, 9.17) is 10.00 Å². The molecule has 1 unspecified atom stereocenters. The Hall–Kier alpha value is -2.54. The van der Waals surface area contributed by atoms with Crippen LogP contribution in [0.5, 0.6) is 5.75 Å². The first-order valence-corrected chi connectivity index (χ1v) is 6.72. The average Bonchev–Trinajstić information content (AvgIpc) is 2.49. The Labute approximate surface area is 124 Å². The molecular weight excluding hydrogens is 267 g/mol. The highest BCUT2D eigenvalue weighted by Crippen LogP contribution is 2.21. The maximum absolute atomic E-state index is 13.8. The normalized spacial score (nSPS) is 11.5. The monoisotopic (exact) mass is 284 g/mol.